The minimum absolute atomic E-state index is 0.0448. The highest BCUT2D eigenvalue weighted by atomic mass is 15.2. The molecule has 11 aromatic carbocycles. The molecule has 0 amide bonds. The number of hydrogen-bond acceptors (Lipinski definition) is 1. The molecule has 85 heavy (non-hydrogen) atoms. The molecule has 2 aliphatic heterocycles. The first-order valence-corrected chi connectivity index (χ1v) is 30.6. The molecule has 0 unspecified atom stereocenters. The van der Waals surface area contributed by atoms with Gasteiger partial charge in [-0.15, -0.1) is 0 Å². The molecule has 3 heterocycles. The third-order valence-electron chi connectivity index (χ3n) is 18.4. The molecule has 0 saturated heterocycles. The normalized spacial score (nSPS) is 13.1. The summed E-state index contributed by atoms with van der Waals surface area (Å²) in [6.45, 7) is 28.0. The van der Waals surface area contributed by atoms with Gasteiger partial charge in [0.05, 0.1) is 11.0 Å². The predicted molar refractivity (Wildman–Crippen MR) is 369 cm³/mol. The summed E-state index contributed by atoms with van der Waals surface area (Å²) in [5.41, 5.74) is 25.7. The predicted octanol–water partition coefficient (Wildman–Crippen LogP) is 20.7. The zero-order chi connectivity index (χ0) is 58.9. The first-order chi connectivity index (χ1) is 40.7. The third kappa shape index (κ3) is 9.35. The van der Waals surface area contributed by atoms with Crippen molar-refractivity contribution in [3.05, 3.63) is 259 Å². The Labute approximate surface area is 503 Å². The second kappa shape index (κ2) is 19.9. The number of para-hydroxylation sites is 1. The Bertz CT molecular complexity index is 4620. The summed E-state index contributed by atoms with van der Waals surface area (Å²) >= 11 is 0. The van der Waals surface area contributed by atoms with Crippen molar-refractivity contribution in [1.82, 2.24) is 4.57 Å². The van der Waals surface area contributed by atoms with Gasteiger partial charge in [0, 0.05) is 33.5 Å². The molecule has 0 bridgehead atoms. The smallest absolute Gasteiger partial charge is 0.252 e. The van der Waals surface area contributed by atoms with Crippen molar-refractivity contribution in [3.63, 3.8) is 0 Å². The van der Waals surface area contributed by atoms with Gasteiger partial charge in [0.15, 0.2) is 0 Å². The van der Waals surface area contributed by atoms with Crippen molar-refractivity contribution < 1.29 is 0 Å². The minimum Gasteiger partial charge on any atom is -0.311 e. The SMILES string of the molecule is CC(C)(C)c1cc(-c2ccc3c(c2)N(c2cc(-c4ccccc4)cc(-c4ccccc4)c2)c2ccc4c5ccccc5c5ccccc5c5ccccc5n5c4c2B3c2ccc(-c3cc(C(C)(C)C)cc(C(C)(C)C)c3)cc2-5)cc(C(C)(C)C)c1. The number of aromatic nitrogens is 1. The van der Waals surface area contributed by atoms with Crippen molar-refractivity contribution in [2.45, 2.75) is 105 Å². The van der Waals surface area contributed by atoms with Crippen LogP contribution in [0, 0.1) is 0 Å². The van der Waals surface area contributed by atoms with Gasteiger partial charge in [-0.05, 0) is 169 Å². The number of benzene rings is 11. The van der Waals surface area contributed by atoms with Crippen molar-refractivity contribution in [1.29, 1.82) is 0 Å². The van der Waals surface area contributed by atoms with E-state index in [2.05, 4.69) is 329 Å². The van der Waals surface area contributed by atoms with Gasteiger partial charge in [0.25, 0.3) is 6.71 Å². The first kappa shape index (κ1) is 54.1. The lowest BCUT2D eigenvalue weighted by molar-refractivity contribution is 0.568. The van der Waals surface area contributed by atoms with Crippen LogP contribution in [0.2, 0.25) is 0 Å². The largest absolute Gasteiger partial charge is 0.311 e. The molecule has 1 aromatic heterocycles. The molecule has 3 heteroatoms. The Morgan fingerprint density at radius 3 is 1.13 bits per heavy atom. The Kier molecular flexibility index (Phi) is 12.6. The Balaban J connectivity index is 1.17. The Morgan fingerprint density at radius 2 is 0.659 bits per heavy atom. The topological polar surface area (TPSA) is 8.17 Å². The van der Waals surface area contributed by atoms with Gasteiger partial charge in [0.2, 0.25) is 0 Å². The molecule has 14 rings (SSSR count). The van der Waals surface area contributed by atoms with Gasteiger partial charge in [-0.3, -0.25) is 0 Å². The fourth-order valence-corrected chi connectivity index (χ4v) is 13.6. The molecule has 12 aromatic rings. The maximum absolute atomic E-state index is 2.68. The van der Waals surface area contributed by atoms with Gasteiger partial charge in [-0.2, -0.15) is 0 Å². The molecule has 0 atom stereocenters. The summed E-state index contributed by atoms with van der Waals surface area (Å²) in [7, 11) is 0. The maximum Gasteiger partial charge on any atom is 0.252 e. The monoisotopic (exact) mass is 1100 g/mol. The van der Waals surface area contributed by atoms with E-state index in [0.29, 0.717) is 0 Å². The number of hydrogen-bond donors (Lipinski definition) is 0. The summed E-state index contributed by atoms with van der Waals surface area (Å²) in [5, 5.41) is 7.30. The van der Waals surface area contributed by atoms with Crippen LogP contribution in [-0.4, -0.2) is 11.3 Å². The van der Waals surface area contributed by atoms with Crippen LogP contribution in [0.3, 0.4) is 0 Å². The van der Waals surface area contributed by atoms with Gasteiger partial charge in [-0.1, -0.05) is 277 Å². The quantitative estimate of drug-likeness (QED) is 0.156. The van der Waals surface area contributed by atoms with E-state index in [1.165, 1.54) is 138 Å². The molecule has 2 nitrogen and oxygen atoms in total. The average Bonchev–Trinajstić information content (AvgIpc) is 1.55. The average molecular weight is 1100 g/mol. The van der Waals surface area contributed by atoms with Crippen molar-refractivity contribution in [3.8, 4) is 50.2 Å². The van der Waals surface area contributed by atoms with Crippen LogP contribution in [0.15, 0.2) is 237 Å². The van der Waals surface area contributed by atoms with Gasteiger partial charge >= 0.3 is 0 Å². The van der Waals surface area contributed by atoms with E-state index < -0.39 is 0 Å². The summed E-state index contributed by atoms with van der Waals surface area (Å²) < 4.78 is 2.68. The van der Waals surface area contributed by atoms with Crippen LogP contribution in [0.5, 0.6) is 0 Å². The number of anilines is 3. The zero-order valence-electron chi connectivity index (χ0n) is 51.5. The molecular formula is C82H75BN2. The fourth-order valence-electron chi connectivity index (χ4n) is 13.6. The highest BCUT2D eigenvalue weighted by Gasteiger charge is 2.42. The van der Waals surface area contributed by atoms with E-state index >= 15 is 0 Å². The maximum atomic E-state index is 2.68. The number of rotatable bonds is 5. The Morgan fingerprint density at radius 1 is 0.271 bits per heavy atom. The third-order valence-corrected chi connectivity index (χ3v) is 18.4. The minimum atomic E-state index is -0.129. The van der Waals surface area contributed by atoms with E-state index in [9.17, 15) is 0 Å². The lowest BCUT2D eigenvalue weighted by Crippen LogP contribution is -2.60. The molecule has 0 radical (unpaired) electrons. The van der Waals surface area contributed by atoms with Crippen molar-refractivity contribution >= 4 is 83.5 Å². The van der Waals surface area contributed by atoms with Crippen LogP contribution < -0.4 is 21.3 Å². The van der Waals surface area contributed by atoms with Gasteiger partial charge < -0.3 is 9.47 Å². The van der Waals surface area contributed by atoms with Crippen LogP contribution >= 0.6 is 0 Å². The lowest BCUT2D eigenvalue weighted by atomic mass is 9.33. The molecule has 0 fully saturated rings. The molecule has 0 spiro atoms. The van der Waals surface area contributed by atoms with Crippen molar-refractivity contribution in [2.75, 3.05) is 4.90 Å². The van der Waals surface area contributed by atoms with E-state index in [4.69, 9.17) is 0 Å². The highest BCUT2D eigenvalue weighted by Crippen LogP contribution is 2.47. The summed E-state index contributed by atoms with van der Waals surface area (Å²) in [4.78, 5) is 2.63. The molecule has 2 aliphatic rings. The van der Waals surface area contributed by atoms with E-state index in [-0.39, 0.29) is 28.4 Å². The fraction of sp³-hybridized carbons (Fsp3) is 0.195. The number of fused-ring (bicyclic) bond motifs is 12. The summed E-state index contributed by atoms with van der Waals surface area (Å²) in [5.74, 6) is 0. The van der Waals surface area contributed by atoms with Gasteiger partial charge in [-0.25, -0.2) is 0 Å². The van der Waals surface area contributed by atoms with E-state index in [0.717, 1.165) is 11.2 Å². The molecule has 0 aliphatic carbocycles. The van der Waals surface area contributed by atoms with Crippen molar-refractivity contribution in [2.24, 2.45) is 0 Å². The van der Waals surface area contributed by atoms with Crippen LogP contribution in [0.1, 0.15) is 105 Å². The van der Waals surface area contributed by atoms with Crippen LogP contribution in [0.25, 0.3) is 93.5 Å². The second-order valence-corrected chi connectivity index (χ2v) is 28.3. The van der Waals surface area contributed by atoms with Crippen LogP contribution in [0.4, 0.5) is 17.1 Å². The van der Waals surface area contributed by atoms with Crippen LogP contribution in [-0.2, 0) is 21.7 Å². The van der Waals surface area contributed by atoms with E-state index in [1.807, 2.05) is 0 Å². The van der Waals surface area contributed by atoms with Gasteiger partial charge in [0.1, 0.15) is 0 Å². The molecule has 0 saturated carbocycles. The zero-order valence-corrected chi connectivity index (χ0v) is 51.5. The number of nitrogens with zero attached hydrogens (tertiary/aromatic N) is 2. The van der Waals surface area contributed by atoms with E-state index in [1.54, 1.807) is 0 Å². The Hall–Kier alpha value is -8.92. The standard InChI is InChI=1S/C82H75BN2/c1-79(2,3)60-42-58(43-61(50-60)80(4,5)6)54-35-38-71-75(48-54)84(64-46-56(52-25-15-13-16-26-52)41-57(47-64)53-27-17-14-18-28-53)74-40-37-70-68-32-22-20-30-66(68)65-29-19-21-31-67(65)69-33-23-24-34-73(69)85-76-49-55(36-39-72(76)83(71)77(74)78(70)85)59-44-62(81(7,8)9)51-63(45-59)82(10,11)12/h13-51H,1-12H3. The molecule has 0 N–H and O–H groups in total. The molecule has 416 valence electrons. The molecular weight excluding hydrogens is 1020 g/mol. The summed E-state index contributed by atoms with van der Waals surface area (Å²) in [6.07, 6.45) is 0. The summed E-state index contributed by atoms with van der Waals surface area (Å²) in [6, 6.07) is 91.0. The first-order valence-electron chi connectivity index (χ1n) is 30.6. The highest BCUT2D eigenvalue weighted by molar-refractivity contribution is 7.00. The lowest BCUT2D eigenvalue weighted by Gasteiger charge is -2.41. The second-order valence-electron chi connectivity index (χ2n) is 28.3.